The Morgan fingerprint density at radius 3 is 2.68 bits per heavy atom. The van der Waals surface area contributed by atoms with E-state index in [9.17, 15) is 14.9 Å². The largest absolute Gasteiger partial charge is 0.494 e. The molecule has 2 aromatic carbocycles. The van der Waals surface area contributed by atoms with Crippen molar-refractivity contribution in [3.05, 3.63) is 64.5 Å². The first-order chi connectivity index (χ1) is 18.3. The van der Waals surface area contributed by atoms with E-state index in [-0.39, 0.29) is 17.4 Å². The number of carbonyl (C=O) groups excluding carboxylic acids is 1. The number of aromatic nitrogens is 3. The van der Waals surface area contributed by atoms with Crippen LogP contribution in [-0.2, 0) is 6.54 Å². The number of hydrogen-bond donors (Lipinski definition) is 1. The number of aryl methyl sites for hydroxylation is 1. The van der Waals surface area contributed by atoms with Crippen molar-refractivity contribution in [3.63, 3.8) is 0 Å². The first-order valence-corrected chi connectivity index (χ1v) is 12.3. The van der Waals surface area contributed by atoms with Gasteiger partial charge in [-0.25, -0.2) is 9.97 Å². The van der Waals surface area contributed by atoms with E-state index in [1.807, 2.05) is 59.8 Å². The minimum atomic E-state index is -0.411. The van der Waals surface area contributed by atoms with Crippen LogP contribution in [0.1, 0.15) is 16.9 Å². The third kappa shape index (κ3) is 4.52. The number of methoxy groups -OCH3 is 1. The highest BCUT2D eigenvalue weighted by molar-refractivity contribution is 6.12. The van der Waals surface area contributed by atoms with Gasteiger partial charge < -0.3 is 24.4 Å². The monoisotopic (exact) mass is 515 g/mol. The summed E-state index contributed by atoms with van der Waals surface area (Å²) in [5, 5.41) is 16.0. The van der Waals surface area contributed by atoms with Gasteiger partial charge in [-0.05, 0) is 26.2 Å². The number of para-hydroxylation sites is 1. The number of nitrogens with one attached hydrogen (secondary N) is 1. The lowest BCUT2D eigenvalue weighted by Gasteiger charge is -2.22. The molecule has 4 aromatic rings. The maximum Gasteiger partial charge on any atom is 0.294 e. The molecule has 38 heavy (non-hydrogen) atoms. The molecule has 0 saturated heterocycles. The fraction of sp³-hybridized carbons (Fsp3) is 0.296. The van der Waals surface area contributed by atoms with Crippen molar-refractivity contribution in [1.29, 1.82) is 0 Å². The second kappa shape index (κ2) is 10.1. The highest BCUT2D eigenvalue weighted by atomic mass is 16.6. The molecule has 0 bridgehead atoms. The van der Waals surface area contributed by atoms with Crippen LogP contribution in [0.3, 0.4) is 0 Å². The number of fused-ring (bicyclic) bond motifs is 3. The Balaban J connectivity index is 1.54. The molecule has 0 radical (unpaired) electrons. The lowest BCUT2D eigenvalue weighted by molar-refractivity contribution is -0.384. The van der Waals surface area contributed by atoms with Crippen molar-refractivity contribution < 1.29 is 14.5 Å². The topological polar surface area (TPSA) is 119 Å². The Labute approximate surface area is 219 Å². The third-order valence-corrected chi connectivity index (χ3v) is 6.74. The molecule has 0 amide bonds. The number of ether oxygens (including phenoxy) is 1. The molecule has 11 heteroatoms. The predicted octanol–water partition coefficient (Wildman–Crippen LogP) is 4.34. The van der Waals surface area contributed by atoms with Crippen LogP contribution < -0.4 is 15.0 Å². The summed E-state index contributed by atoms with van der Waals surface area (Å²) in [7, 11) is 7.22. The van der Waals surface area contributed by atoms with Crippen molar-refractivity contribution in [1.82, 2.24) is 19.4 Å². The molecule has 2 aromatic heterocycles. The third-order valence-electron chi connectivity index (χ3n) is 6.74. The normalized spacial score (nSPS) is 12.7. The quantitative estimate of drug-likeness (QED) is 0.256. The Kier molecular flexibility index (Phi) is 6.68. The van der Waals surface area contributed by atoms with Gasteiger partial charge >= 0.3 is 0 Å². The molecule has 0 spiro atoms. The van der Waals surface area contributed by atoms with Crippen molar-refractivity contribution in [3.8, 4) is 17.0 Å². The van der Waals surface area contributed by atoms with Crippen molar-refractivity contribution in [2.75, 3.05) is 51.6 Å². The Bertz CT molecular complexity index is 1550. The second-order valence-corrected chi connectivity index (χ2v) is 9.48. The first-order valence-electron chi connectivity index (χ1n) is 12.3. The first kappa shape index (κ1) is 25.2. The van der Waals surface area contributed by atoms with E-state index in [0.717, 1.165) is 23.0 Å². The van der Waals surface area contributed by atoms with E-state index >= 15 is 0 Å². The fourth-order valence-corrected chi connectivity index (χ4v) is 4.84. The molecule has 0 aliphatic carbocycles. The van der Waals surface area contributed by atoms with Crippen molar-refractivity contribution in [2.45, 2.75) is 13.0 Å². The standard InChI is InChI=1S/C27H29N7O4/c1-31(2)13-14-32(3)21-16-24(38-4)19(15-22(21)34(36)37)30-27-28-11-9-18(29-27)25-17-7-5-6-8-20(17)33-12-10-23(35)26(25)33/h5-9,11,15-16H,10,12-14H2,1-4H3,(H,28,29,30). The number of ketones is 1. The van der Waals surface area contributed by atoms with Gasteiger partial charge in [-0.1, -0.05) is 18.2 Å². The van der Waals surface area contributed by atoms with Gasteiger partial charge in [-0.2, -0.15) is 0 Å². The average molecular weight is 516 g/mol. The maximum absolute atomic E-state index is 12.8. The van der Waals surface area contributed by atoms with Crippen molar-refractivity contribution in [2.24, 2.45) is 0 Å². The van der Waals surface area contributed by atoms with Gasteiger partial charge in [0.2, 0.25) is 5.95 Å². The van der Waals surface area contributed by atoms with E-state index in [2.05, 4.69) is 10.3 Å². The Morgan fingerprint density at radius 2 is 1.95 bits per heavy atom. The zero-order chi connectivity index (χ0) is 27.0. The summed E-state index contributed by atoms with van der Waals surface area (Å²) in [6, 6.07) is 12.7. The average Bonchev–Trinajstić information content (AvgIpc) is 3.44. The van der Waals surface area contributed by atoms with E-state index < -0.39 is 4.92 Å². The highest BCUT2D eigenvalue weighted by Gasteiger charge is 2.29. The van der Waals surface area contributed by atoms with E-state index in [1.165, 1.54) is 13.2 Å². The number of benzene rings is 2. The number of nitrogens with zero attached hydrogens (tertiary/aromatic N) is 6. The molecule has 11 nitrogen and oxygen atoms in total. The summed E-state index contributed by atoms with van der Waals surface area (Å²) in [5.41, 5.74) is 3.75. The fourth-order valence-electron chi connectivity index (χ4n) is 4.84. The summed E-state index contributed by atoms with van der Waals surface area (Å²) in [6.45, 7) is 1.97. The summed E-state index contributed by atoms with van der Waals surface area (Å²) in [5.74, 6) is 0.732. The summed E-state index contributed by atoms with van der Waals surface area (Å²) >= 11 is 0. The van der Waals surface area contributed by atoms with Gasteiger partial charge in [-0.15, -0.1) is 0 Å². The Morgan fingerprint density at radius 1 is 1.16 bits per heavy atom. The van der Waals surface area contributed by atoms with Gasteiger partial charge in [0, 0.05) is 67.9 Å². The van der Waals surface area contributed by atoms with Crippen LogP contribution in [0, 0.1) is 10.1 Å². The van der Waals surface area contributed by atoms with Crippen LogP contribution in [-0.4, -0.2) is 71.5 Å². The van der Waals surface area contributed by atoms with Gasteiger partial charge in [-0.3, -0.25) is 14.9 Å². The SMILES string of the molecule is COc1cc(N(C)CCN(C)C)c([N+](=O)[O-])cc1Nc1nccc(-c2c3n(c4ccccc24)CCC3=O)n1. The van der Waals surface area contributed by atoms with Crippen LogP contribution in [0.5, 0.6) is 5.75 Å². The van der Waals surface area contributed by atoms with Crippen LogP contribution in [0.15, 0.2) is 48.7 Å². The summed E-state index contributed by atoms with van der Waals surface area (Å²) < 4.78 is 7.62. The molecule has 196 valence electrons. The molecule has 0 atom stereocenters. The van der Waals surface area contributed by atoms with Gasteiger partial charge in [0.25, 0.3) is 5.69 Å². The van der Waals surface area contributed by atoms with Crippen LogP contribution >= 0.6 is 0 Å². The second-order valence-electron chi connectivity index (χ2n) is 9.48. The Hall–Kier alpha value is -4.51. The summed E-state index contributed by atoms with van der Waals surface area (Å²) in [6.07, 6.45) is 2.06. The molecule has 0 unspecified atom stereocenters. The molecule has 0 fully saturated rings. The minimum absolute atomic E-state index is 0.0624. The molecule has 1 aliphatic heterocycles. The van der Waals surface area contributed by atoms with Gasteiger partial charge in [0.15, 0.2) is 5.78 Å². The predicted molar refractivity (Wildman–Crippen MR) is 147 cm³/mol. The zero-order valence-electron chi connectivity index (χ0n) is 21.8. The summed E-state index contributed by atoms with van der Waals surface area (Å²) in [4.78, 5) is 37.2. The van der Waals surface area contributed by atoms with E-state index in [1.54, 1.807) is 18.3 Å². The number of hydrogen-bond acceptors (Lipinski definition) is 9. The molecule has 1 aliphatic rings. The minimum Gasteiger partial charge on any atom is -0.494 e. The van der Waals surface area contributed by atoms with Crippen LogP contribution in [0.2, 0.25) is 0 Å². The molecule has 0 saturated carbocycles. The molecule has 3 heterocycles. The van der Waals surface area contributed by atoms with Gasteiger partial charge in [0.05, 0.1) is 29.1 Å². The lowest BCUT2D eigenvalue weighted by Crippen LogP contribution is -2.28. The maximum atomic E-state index is 12.8. The van der Waals surface area contributed by atoms with Crippen LogP contribution in [0.25, 0.3) is 22.2 Å². The molecule has 5 rings (SSSR count). The number of carbonyl (C=O) groups is 1. The van der Waals surface area contributed by atoms with Crippen LogP contribution in [0.4, 0.5) is 23.0 Å². The van der Waals surface area contributed by atoms with Crippen molar-refractivity contribution >= 4 is 39.7 Å². The number of likely N-dealkylation sites (N-methyl/N-ethyl adjacent to an activating group) is 2. The lowest BCUT2D eigenvalue weighted by atomic mass is 10.0. The van der Waals surface area contributed by atoms with E-state index in [0.29, 0.717) is 48.0 Å². The highest BCUT2D eigenvalue weighted by Crippen LogP contribution is 2.40. The number of rotatable bonds is 9. The smallest absolute Gasteiger partial charge is 0.294 e. The number of nitro benzene ring substituents is 1. The number of Topliss-reactive ketones (excluding diaryl/α,β-unsaturated/α-hetero) is 1. The zero-order valence-corrected chi connectivity index (χ0v) is 21.8. The molecular formula is C27H29N7O4. The number of anilines is 3. The van der Waals surface area contributed by atoms with E-state index in [4.69, 9.17) is 9.72 Å². The van der Waals surface area contributed by atoms with Gasteiger partial charge in [0.1, 0.15) is 11.4 Å². The number of nitro groups is 1. The molecule has 1 N–H and O–H groups in total. The molecular weight excluding hydrogens is 486 g/mol.